The van der Waals surface area contributed by atoms with E-state index < -0.39 is 0 Å². The van der Waals surface area contributed by atoms with Crippen LogP contribution in [0.1, 0.15) is 17.8 Å². The first-order valence-electron chi connectivity index (χ1n) is 2.77. The van der Waals surface area contributed by atoms with Crippen molar-refractivity contribution in [3.05, 3.63) is 11.4 Å². The number of aryl methyl sites for hydroxylation is 2. The Morgan fingerprint density at radius 1 is 1.12 bits per heavy atom. The fourth-order valence-corrected chi connectivity index (χ4v) is 1.03. The lowest BCUT2D eigenvalue weighted by Crippen LogP contribution is -1.74. The molecule has 42 valence electrons. The van der Waals surface area contributed by atoms with Crippen LogP contribution < -0.4 is 0 Å². The lowest BCUT2D eigenvalue weighted by Gasteiger charge is -1.74. The molecule has 0 aromatic carbocycles. The Balaban J connectivity index is 2.54. The summed E-state index contributed by atoms with van der Waals surface area (Å²) < 4.78 is 4.49. The molecule has 3 heteroatoms. The predicted octanol–water partition coefficient (Wildman–Crippen LogP) is 0.558. The van der Waals surface area contributed by atoms with Gasteiger partial charge in [-0.1, -0.05) is 10.3 Å². The number of nitrogens with zero attached hydrogens (tertiary/aromatic N) is 2. The molecule has 1 heterocycles. The number of hydrogen-bond acceptors (Lipinski definition) is 3. The molecule has 2 rings (SSSR count). The molecule has 0 atom stereocenters. The van der Waals surface area contributed by atoms with Gasteiger partial charge in [0.1, 0.15) is 11.4 Å². The van der Waals surface area contributed by atoms with Crippen LogP contribution in [0.25, 0.3) is 0 Å². The highest BCUT2D eigenvalue weighted by molar-refractivity contribution is 5.12. The van der Waals surface area contributed by atoms with E-state index in [0.717, 1.165) is 24.2 Å². The van der Waals surface area contributed by atoms with Crippen molar-refractivity contribution < 1.29 is 4.63 Å². The van der Waals surface area contributed by atoms with Crippen LogP contribution in [0.15, 0.2) is 4.63 Å². The van der Waals surface area contributed by atoms with Crippen LogP contribution in [0.5, 0.6) is 0 Å². The van der Waals surface area contributed by atoms with E-state index in [1.807, 2.05) is 0 Å². The SMILES string of the molecule is C1Cc2nonc2C1. The standard InChI is InChI=1S/C5H6N2O/c1-2-4-5(3-1)7-8-6-4/h1-3H2. The molecule has 0 radical (unpaired) electrons. The second-order valence-corrected chi connectivity index (χ2v) is 2.01. The summed E-state index contributed by atoms with van der Waals surface area (Å²) in [6.07, 6.45) is 3.30. The lowest BCUT2D eigenvalue weighted by atomic mass is 10.4. The van der Waals surface area contributed by atoms with Crippen LogP contribution in [0.3, 0.4) is 0 Å². The summed E-state index contributed by atoms with van der Waals surface area (Å²) in [5.41, 5.74) is 2.12. The Morgan fingerprint density at radius 3 is 2.38 bits per heavy atom. The fourth-order valence-electron chi connectivity index (χ4n) is 1.03. The van der Waals surface area contributed by atoms with Gasteiger partial charge in [0.15, 0.2) is 0 Å². The zero-order valence-corrected chi connectivity index (χ0v) is 4.42. The topological polar surface area (TPSA) is 38.9 Å². The zero-order chi connectivity index (χ0) is 5.40. The maximum absolute atomic E-state index is 4.49. The highest BCUT2D eigenvalue weighted by atomic mass is 16.6. The maximum atomic E-state index is 4.49. The molecule has 0 N–H and O–H groups in total. The molecule has 0 bridgehead atoms. The van der Waals surface area contributed by atoms with Gasteiger partial charge in [-0.2, -0.15) is 0 Å². The summed E-state index contributed by atoms with van der Waals surface area (Å²) >= 11 is 0. The van der Waals surface area contributed by atoms with E-state index in [1.165, 1.54) is 6.42 Å². The number of aromatic nitrogens is 2. The van der Waals surface area contributed by atoms with Crippen molar-refractivity contribution in [1.29, 1.82) is 0 Å². The molecule has 1 aromatic heterocycles. The van der Waals surface area contributed by atoms with Crippen molar-refractivity contribution >= 4 is 0 Å². The van der Waals surface area contributed by atoms with E-state index in [9.17, 15) is 0 Å². The largest absolute Gasteiger partial charge is 0.244 e. The minimum Gasteiger partial charge on any atom is -0.244 e. The Bertz CT molecular complexity index is 176. The molecule has 0 fully saturated rings. The average Bonchev–Trinajstić information content (AvgIpc) is 2.15. The first-order valence-corrected chi connectivity index (χ1v) is 2.77. The molecule has 0 aliphatic heterocycles. The molecule has 0 spiro atoms. The van der Waals surface area contributed by atoms with Crippen molar-refractivity contribution in [3.63, 3.8) is 0 Å². The molecule has 3 nitrogen and oxygen atoms in total. The average molecular weight is 110 g/mol. The van der Waals surface area contributed by atoms with E-state index in [0.29, 0.717) is 0 Å². The summed E-state index contributed by atoms with van der Waals surface area (Å²) in [6, 6.07) is 0. The summed E-state index contributed by atoms with van der Waals surface area (Å²) in [4.78, 5) is 0. The number of fused-ring (bicyclic) bond motifs is 1. The molecule has 0 unspecified atom stereocenters. The smallest absolute Gasteiger partial charge is 0.108 e. The monoisotopic (exact) mass is 110 g/mol. The van der Waals surface area contributed by atoms with Crippen molar-refractivity contribution in [1.82, 2.24) is 10.3 Å². The minimum atomic E-state index is 1.05. The molecule has 1 aliphatic carbocycles. The third-order valence-corrected chi connectivity index (χ3v) is 1.46. The number of hydrogen-bond donors (Lipinski definition) is 0. The molecule has 1 aromatic rings. The quantitative estimate of drug-likeness (QED) is 0.489. The van der Waals surface area contributed by atoms with Gasteiger partial charge in [-0.25, -0.2) is 4.63 Å². The van der Waals surface area contributed by atoms with Crippen LogP contribution >= 0.6 is 0 Å². The first kappa shape index (κ1) is 4.06. The molecule has 0 saturated carbocycles. The van der Waals surface area contributed by atoms with Gasteiger partial charge in [0, 0.05) is 0 Å². The van der Waals surface area contributed by atoms with Crippen LogP contribution in [-0.2, 0) is 12.8 Å². The van der Waals surface area contributed by atoms with Crippen LogP contribution in [0.4, 0.5) is 0 Å². The highest BCUT2D eigenvalue weighted by Gasteiger charge is 2.15. The van der Waals surface area contributed by atoms with Crippen molar-refractivity contribution in [3.8, 4) is 0 Å². The fraction of sp³-hybridized carbons (Fsp3) is 0.600. The molecular weight excluding hydrogens is 104 g/mol. The predicted molar refractivity (Wildman–Crippen MR) is 26.3 cm³/mol. The van der Waals surface area contributed by atoms with Gasteiger partial charge >= 0.3 is 0 Å². The normalized spacial score (nSPS) is 16.5. The van der Waals surface area contributed by atoms with Gasteiger partial charge in [0.2, 0.25) is 0 Å². The van der Waals surface area contributed by atoms with Crippen LogP contribution in [0.2, 0.25) is 0 Å². The van der Waals surface area contributed by atoms with Crippen molar-refractivity contribution in [2.24, 2.45) is 0 Å². The van der Waals surface area contributed by atoms with E-state index in [2.05, 4.69) is 14.9 Å². The van der Waals surface area contributed by atoms with Crippen molar-refractivity contribution in [2.75, 3.05) is 0 Å². The van der Waals surface area contributed by atoms with E-state index in [1.54, 1.807) is 0 Å². The Hall–Kier alpha value is -0.860. The van der Waals surface area contributed by atoms with E-state index >= 15 is 0 Å². The van der Waals surface area contributed by atoms with Gasteiger partial charge in [-0.05, 0) is 19.3 Å². The van der Waals surface area contributed by atoms with Crippen molar-refractivity contribution in [2.45, 2.75) is 19.3 Å². The summed E-state index contributed by atoms with van der Waals surface area (Å²) in [7, 11) is 0. The minimum absolute atomic E-state index is 1.05. The summed E-state index contributed by atoms with van der Waals surface area (Å²) in [5, 5.41) is 7.42. The van der Waals surface area contributed by atoms with Crippen LogP contribution in [-0.4, -0.2) is 10.3 Å². The third kappa shape index (κ3) is 0.384. The summed E-state index contributed by atoms with van der Waals surface area (Å²) in [5.74, 6) is 0. The third-order valence-electron chi connectivity index (χ3n) is 1.46. The Morgan fingerprint density at radius 2 is 1.75 bits per heavy atom. The van der Waals surface area contributed by atoms with Gasteiger partial charge in [0.25, 0.3) is 0 Å². The van der Waals surface area contributed by atoms with Gasteiger partial charge in [-0.15, -0.1) is 0 Å². The lowest BCUT2D eigenvalue weighted by molar-refractivity contribution is 0.297. The Labute approximate surface area is 46.7 Å². The molecule has 0 amide bonds. The van der Waals surface area contributed by atoms with Crippen LogP contribution in [0, 0.1) is 0 Å². The molecular formula is C5H6N2O. The van der Waals surface area contributed by atoms with E-state index in [4.69, 9.17) is 0 Å². The van der Waals surface area contributed by atoms with Gasteiger partial charge in [-0.3, -0.25) is 0 Å². The second-order valence-electron chi connectivity index (χ2n) is 2.01. The van der Waals surface area contributed by atoms with Gasteiger partial charge in [0.05, 0.1) is 0 Å². The maximum Gasteiger partial charge on any atom is 0.108 e. The highest BCUT2D eigenvalue weighted by Crippen LogP contribution is 2.15. The molecule has 8 heavy (non-hydrogen) atoms. The number of rotatable bonds is 0. The second kappa shape index (κ2) is 1.31. The first-order chi connectivity index (χ1) is 3.97. The summed E-state index contributed by atoms with van der Waals surface area (Å²) in [6.45, 7) is 0. The molecule has 0 saturated heterocycles. The van der Waals surface area contributed by atoms with Gasteiger partial charge < -0.3 is 0 Å². The Kier molecular flexibility index (Phi) is 0.664. The van der Waals surface area contributed by atoms with E-state index in [-0.39, 0.29) is 0 Å². The molecule has 1 aliphatic rings. The zero-order valence-electron chi connectivity index (χ0n) is 4.42.